The summed E-state index contributed by atoms with van der Waals surface area (Å²) in [6.45, 7) is 0.553. The summed E-state index contributed by atoms with van der Waals surface area (Å²) < 4.78 is 19.1. The number of carbonyl (C=O) groups excluding carboxylic acids is 2. The van der Waals surface area contributed by atoms with Crippen molar-refractivity contribution in [1.82, 2.24) is 5.32 Å². The fourth-order valence-corrected chi connectivity index (χ4v) is 4.47. The molecule has 0 bridgehead atoms. The highest BCUT2D eigenvalue weighted by Crippen LogP contribution is 2.65. The quantitative estimate of drug-likeness (QED) is 0.616. The van der Waals surface area contributed by atoms with Crippen LogP contribution in [0.5, 0.6) is 5.75 Å². The lowest BCUT2D eigenvalue weighted by molar-refractivity contribution is -0.128. The number of para-hydroxylation sites is 1. The summed E-state index contributed by atoms with van der Waals surface area (Å²) >= 11 is 0. The second kappa shape index (κ2) is 8.11. The van der Waals surface area contributed by atoms with Crippen molar-refractivity contribution in [3.05, 3.63) is 95.8 Å². The molecule has 1 aliphatic heterocycles. The van der Waals surface area contributed by atoms with E-state index in [-0.39, 0.29) is 36.7 Å². The Bertz CT molecular complexity index is 1150. The van der Waals surface area contributed by atoms with Gasteiger partial charge < -0.3 is 15.0 Å². The van der Waals surface area contributed by atoms with E-state index in [1.165, 1.54) is 12.1 Å². The molecule has 0 radical (unpaired) electrons. The molecule has 1 saturated carbocycles. The van der Waals surface area contributed by atoms with Gasteiger partial charge in [0, 0.05) is 18.2 Å². The Labute approximate surface area is 185 Å². The lowest BCUT2D eigenvalue weighted by Gasteiger charge is -2.33. The molecule has 1 N–H and O–H groups in total. The van der Waals surface area contributed by atoms with Crippen molar-refractivity contribution in [2.45, 2.75) is 18.9 Å². The normalized spacial score (nSPS) is 20.8. The predicted molar refractivity (Wildman–Crippen MR) is 119 cm³/mol. The molecule has 2 aliphatic rings. The van der Waals surface area contributed by atoms with E-state index in [1.807, 2.05) is 54.6 Å². The van der Waals surface area contributed by atoms with E-state index in [1.54, 1.807) is 17.0 Å². The minimum Gasteiger partial charge on any atom is -0.492 e. The van der Waals surface area contributed by atoms with Crippen LogP contribution in [0.15, 0.2) is 78.9 Å². The molecule has 1 aliphatic carbocycles. The van der Waals surface area contributed by atoms with Crippen LogP contribution in [-0.2, 0) is 16.1 Å². The lowest BCUT2D eigenvalue weighted by atomic mass is 9.92. The standard InChI is InChI=1S/C26H23FN2O3/c27-19-10-12-20(13-11-19)32-17-26-14-22(26)21-8-4-5-9-23(21)29(25(26)31)16-24(30)28-15-18-6-2-1-3-7-18/h1-13,22H,14-17H2,(H,28,30)/t22-,26+/m0/s1. The molecule has 6 heteroatoms. The molecule has 2 amide bonds. The van der Waals surface area contributed by atoms with Gasteiger partial charge in [0.25, 0.3) is 0 Å². The topological polar surface area (TPSA) is 58.6 Å². The molecule has 32 heavy (non-hydrogen) atoms. The molecule has 5 rings (SSSR count). The average Bonchev–Trinajstić information content (AvgIpc) is 3.57. The van der Waals surface area contributed by atoms with E-state index >= 15 is 0 Å². The zero-order valence-corrected chi connectivity index (χ0v) is 17.5. The fourth-order valence-electron chi connectivity index (χ4n) is 4.47. The third-order valence-corrected chi connectivity index (χ3v) is 6.29. The van der Waals surface area contributed by atoms with Crippen molar-refractivity contribution < 1.29 is 18.7 Å². The van der Waals surface area contributed by atoms with Gasteiger partial charge in [-0.05, 0) is 47.9 Å². The zero-order valence-electron chi connectivity index (χ0n) is 17.5. The Kier molecular flexibility index (Phi) is 5.13. The molecule has 1 fully saturated rings. The minimum absolute atomic E-state index is 0.0479. The first-order chi connectivity index (χ1) is 15.6. The van der Waals surface area contributed by atoms with Gasteiger partial charge in [0.1, 0.15) is 24.7 Å². The third kappa shape index (κ3) is 3.73. The smallest absolute Gasteiger partial charge is 0.240 e. The van der Waals surface area contributed by atoms with E-state index < -0.39 is 5.41 Å². The van der Waals surface area contributed by atoms with Crippen molar-refractivity contribution in [2.75, 3.05) is 18.1 Å². The molecule has 1 heterocycles. The number of halogens is 1. The van der Waals surface area contributed by atoms with E-state index in [4.69, 9.17) is 4.74 Å². The maximum absolute atomic E-state index is 13.5. The van der Waals surface area contributed by atoms with Gasteiger partial charge in [-0.25, -0.2) is 4.39 Å². The van der Waals surface area contributed by atoms with Crippen molar-refractivity contribution >= 4 is 17.5 Å². The van der Waals surface area contributed by atoms with Crippen LogP contribution >= 0.6 is 0 Å². The van der Waals surface area contributed by atoms with E-state index in [0.29, 0.717) is 18.7 Å². The number of anilines is 1. The number of nitrogens with one attached hydrogen (secondary N) is 1. The molecule has 0 spiro atoms. The van der Waals surface area contributed by atoms with Gasteiger partial charge in [0.15, 0.2) is 0 Å². The molecular formula is C26H23FN2O3. The first kappa shape index (κ1) is 20.2. The van der Waals surface area contributed by atoms with Crippen LogP contribution in [0.25, 0.3) is 0 Å². The summed E-state index contributed by atoms with van der Waals surface area (Å²) in [6, 6.07) is 23.2. The highest BCUT2D eigenvalue weighted by molar-refractivity contribution is 6.07. The van der Waals surface area contributed by atoms with Crippen LogP contribution in [0.2, 0.25) is 0 Å². The minimum atomic E-state index is -0.692. The molecule has 0 unspecified atom stereocenters. The van der Waals surface area contributed by atoms with E-state index in [2.05, 4.69) is 5.32 Å². The van der Waals surface area contributed by atoms with Gasteiger partial charge >= 0.3 is 0 Å². The molecule has 5 nitrogen and oxygen atoms in total. The molecule has 162 valence electrons. The van der Waals surface area contributed by atoms with Crippen LogP contribution in [0.1, 0.15) is 23.5 Å². The molecule has 0 aromatic heterocycles. The van der Waals surface area contributed by atoms with Crippen molar-refractivity contribution in [3.8, 4) is 5.75 Å². The first-order valence-corrected chi connectivity index (χ1v) is 10.7. The van der Waals surface area contributed by atoms with E-state index in [0.717, 1.165) is 16.8 Å². The number of amides is 2. The second-order valence-corrected chi connectivity index (χ2v) is 8.37. The number of nitrogens with zero attached hydrogens (tertiary/aromatic N) is 1. The highest BCUT2D eigenvalue weighted by atomic mass is 19.1. The summed E-state index contributed by atoms with van der Waals surface area (Å²) in [4.78, 5) is 27.8. The SMILES string of the molecule is O=C(CN1C(=O)[C@@]2(COc3ccc(F)cc3)C[C@H]2c2ccccc21)NCc1ccccc1. The van der Waals surface area contributed by atoms with Crippen LogP contribution < -0.4 is 15.0 Å². The number of hydrogen-bond donors (Lipinski definition) is 1. The van der Waals surface area contributed by atoms with Gasteiger partial charge in [0.05, 0.1) is 5.41 Å². The van der Waals surface area contributed by atoms with E-state index in [9.17, 15) is 14.0 Å². The number of hydrogen-bond acceptors (Lipinski definition) is 3. The van der Waals surface area contributed by atoms with Crippen molar-refractivity contribution in [1.29, 1.82) is 0 Å². The molecule has 0 saturated heterocycles. The van der Waals surface area contributed by atoms with Crippen LogP contribution in [0.3, 0.4) is 0 Å². The fraction of sp³-hybridized carbons (Fsp3) is 0.231. The summed E-state index contributed by atoms with van der Waals surface area (Å²) in [5.41, 5.74) is 2.15. The summed E-state index contributed by atoms with van der Waals surface area (Å²) in [6.07, 6.45) is 0.673. The molecule has 3 aromatic rings. The van der Waals surface area contributed by atoms with Crippen molar-refractivity contribution in [3.63, 3.8) is 0 Å². The van der Waals surface area contributed by atoms with Gasteiger partial charge in [-0.2, -0.15) is 0 Å². The number of fused-ring (bicyclic) bond motifs is 3. The van der Waals surface area contributed by atoms with Gasteiger partial charge in [-0.15, -0.1) is 0 Å². The zero-order chi connectivity index (χ0) is 22.1. The third-order valence-electron chi connectivity index (χ3n) is 6.29. The Morgan fingerprint density at radius 2 is 1.75 bits per heavy atom. The van der Waals surface area contributed by atoms with Crippen molar-refractivity contribution in [2.24, 2.45) is 5.41 Å². The Balaban J connectivity index is 1.32. The Hall–Kier alpha value is -3.67. The monoisotopic (exact) mass is 430 g/mol. The van der Waals surface area contributed by atoms with Crippen LogP contribution in [-0.4, -0.2) is 25.0 Å². The Morgan fingerprint density at radius 3 is 2.53 bits per heavy atom. The number of rotatable bonds is 7. The van der Waals surface area contributed by atoms with Gasteiger partial charge in [0.2, 0.25) is 11.8 Å². The largest absolute Gasteiger partial charge is 0.492 e. The number of ether oxygens (including phenoxy) is 1. The number of carbonyl (C=O) groups is 2. The van der Waals surface area contributed by atoms with Gasteiger partial charge in [-0.3, -0.25) is 9.59 Å². The maximum atomic E-state index is 13.5. The average molecular weight is 430 g/mol. The number of benzene rings is 3. The molecule has 3 aromatic carbocycles. The summed E-state index contributed by atoms with van der Waals surface area (Å²) in [5.74, 6) is -0.0698. The molecular weight excluding hydrogens is 407 g/mol. The second-order valence-electron chi connectivity index (χ2n) is 8.37. The van der Waals surface area contributed by atoms with Crippen LogP contribution in [0, 0.1) is 11.2 Å². The summed E-state index contributed by atoms with van der Waals surface area (Å²) in [5, 5.41) is 2.90. The Morgan fingerprint density at radius 1 is 1.03 bits per heavy atom. The first-order valence-electron chi connectivity index (χ1n) is 10.7. The summed E-state index contributed by atoms with van der Waals surface area (Å²) in [7, 11) is 0. The highest BCUT2D eigenvalue weighted by Gasteiger charge is 2.66. The maximum Gasteiger partial charge on any atom is 0.240 e. The molecule has 2 atom stereocenters. The van der Waals surface area contributed by atoms with Gasteiger partial charge in [-0.1, -0.05) is 48.5 Å². The lowest BCUT2D eigenvalue weighted by Crippen LogP contribution is -2.48. The van der Waals surface area contributed by atoms with Crippen LogP contribution in [0.4, 0.5) is 10.1 Å². The predicted octanol–water partition coefficient (Wildman–Crippen LogP) is 4.04.